The molecule has 1 fully saturated rings. The van der Waals surface area contributed by atoms with Gasteiger partial charge in [-0.1, -0.05) is 60.9 Å². The number of hydrogen-bond donors (Lipinski definition) is 0. The Morgan fingerprint density at radius 1 is 0.871 bits per heavy atom. The molecule has 0 amide bonds. The highest BCUT2D eigenvalue weighted by Crippen LogP contribution is 2.32. The summed E-state index contributed by atoms with van der Waals surface area (Å²) in [7, 11) is 5.42. The maximum atomic E-state index is 14.8. The van der Waals surface area contributed by atoms with Gasteiger partial charge in [0.2, 0.25) is 0 Å². The van der Waals surface area contributed by atoms with Crippen LogP contribution in [0.25, 0.3) is 22.3 Å². The molecule has 1 heterocycles. The number of ether oxygens (including phenoxy) is 2. The third kappa shape index (κ3) is 4.32. The van der Waals surface area contributed by atoms with Gasteiger partial charge < -0.3 is 9.47 Å². The highest BCUT2D eigenvalue weighted by molar-refractivity contribution is 6.08. The lowest BCUT2D eigenvalue weighted by molar-refractivity contribution is -0.197. The molecule has 3 aromatic carbocycles. The molecular formula is C25H20BF3O2. The monoisotopic (exact) mass is 420 g/mol. The van der Waals surface area contributed by atoms with E-state index in [1.54, 1.807) is 42.5 Å². The van der Waals surface area contributed by atoms with Gasteiger partial charge in [-0.2, -0.15) is 0 Å². The van der Waals surface area contributed by atoms with Crippen molar-refractivity contribution >= 4 is 7.85 Å². The van der Waals surface area contributed by atoms with Crippen LogP contribution in [0.1, 0.15) is 17.4 Å². The Morgan fingerprint density at radius 2 is 1.48 bits per heavy atom. The molecule has 0 aliphatic carbocycles. The molecule has 0 bridgehead atoms. The van der Waals surface area contributed by atoms with Gasteiger partial charge in [-0.25, -0.2) is 13.2 Å². The van der Waals surface area contributed by atoms with Gasteiger partial charge in [-0.05, 0) is 22.8 Å². The minimum atomic E-state index is -0.947. The van der Waals surface area contributed by atoms with Crippen LogP contribution in [0, 0.1) is 23.4 Å². The smallest absolute Gasteiger partial charge is 0.183 e. The first-order valence-corrected chi connectivity index (χ1v) is 9.94. The van der Waals surface area contributed by atoms with E-state index >= 15 is 0 Å². The molecule has 0 saturated carbocycles. The van der Waals surface area contributed by atoms with Crippen molar-refractivity contribution in [2.24, 2.45) is 5.92 Å². The molecule has 0 unspecified atom stereocenters. The maximum Gasteiger partial charge on any atom is 0.183 e. The van der Waals surface area contributed by atoms with Crippen molar-refractivity contribution in [3.63, 3.8) is 0 Å². The summed E-state index contributed by atoms with van der Waals surface area (Å²) in [5.41, 5.74) is 2.33. The summed E-state index contributed by atoms with van der Waals surface area (Å²) >= 11 is 0. The standard InChI is InChI=1S/C25H20BF3O2/c1-2-15-13-30-25(31-14-15)18-7-9-20(22(27)11-18)16-3-5-17(6-4-16)21-10-8-19(12-26)23(28)24(21)29/h2-11,15,25H,1,12-14H2. The van der Waals surface area contributed by atoms with E-state index in [1.807, 2.05) is 0 Å². The van der Waals surface area contributed by atoms with Crippen LogP contribution in [0.3, 0.4) is 0 Å². The van der Waals surface area contributed by atoms with Gasteiger partial charge in [0, 0.05) is 22.6 Å². The molecule has 2 nitrogen and oxygen atoms in total. The SMILES string of the molecule is [B]Cc1ccc(-c2ccc(-c3ccc(C4OCC(C=C)CO4)cc3F)cc2)c(F)c1F. The average molecular weight is 420 g/mol. The molecule has 156 valence electrons. The molecule has 1 saturated heterocycles. The average Bonchev–Trinajstić information content (AvgIpc) is 2.81. The molecule has 0 N–H and O–H groups in total. The van der Waals surface area contributed by atoms with Crippen LogP contribution in [0.4, 0.5) is 13.2 Å². The van der Waals surface area contributed by atoms with Gasteiger partial charge in [0.25, 0.3) is 0 Å². The number of rotatable bonds is 5. The Balaban J connectivity index is 1.56. The molecule has 1 aliphatic rings. The normalized spacial score (nSPS) is 18.7. The van der Waals surface area contributed by atoms with Crippen molar-refractivity contribution in [1.29, 1.82) is 0 Å². The highest BCUT2D eigenvalue weighted by atomic mass is 19.2. The van der Waals surface area contributed by atoms with Gasteiger partial charge in [0.15, 0.2) is 17.9 Å². The van der Waals surface area contributed by atoms with E-state index in [2.05, 4.69) is 6.58 Å². The first kappa shape index (κ1) is 21.4. The molecule has 6 heteroatoms. The summed E-state index contributed by atoms with van der Waals surface area (Å²) in [6.45, 7) is 4.67. The van der Waals surface area contributed by atoms with E-state index in [0.717, 1.165) is 0 Å². The third-order valence-corrected chi connectivity index (χ3v) is 5.41. The summed E-state index contributed by atoms with van der Waals surface area (Å²) in [5.74, 6) is -2.19. The largest absolute Gasteiger partial charge is 0.348 e. The van der Waals surface area contributed by atoms with Crippen molar-refractivity contribution in [2.75, 3.05) is 13.2 Å². The van der Waals surface area contributed by atoms with Crippen molar-refractivity contribution in [3.8, 4) is 22.3 Å². The fourth-order valence-electron chi connectivity index (χ4n) is 3.56. The molecule has 2 radical (unpaired) electrons. The Labute approximate surface area is 180 Å². The fourth-order valence-corrected chi connectivity index (χ4v) is 3.56. The zero-order valence-electron chi connectivity index (χ0n) is 16.8. The van der Waals surface area contributed by atoms with Crippen molar-refractivity contribution in [3.05, 3.63) is 95.8 Å². The molecule has 0 spiro atoms. The Bertz CT molecular complexity index is 1090. The zero-order chi connectivity index (χ0) is 22.0. The first-order valence-electron chi connectivity index (χ1n) is 9.94. The molecule has 0 aromatic heterocycles. The highest BCUT2D eigenvalue weighted by Gasteiger charge is 2.23. The minimum absolute atomic E-state index is 0.0803. The van der Waals surface area contributed by atoms with Crippen LogP contribution in [0.5, 0.6) is 0 Å². The quantitative estimate of drug-likeness (QED) is 0.375. The van der Waals surface area contributed by atoms with Crippen LogP contribution in [-0.4, -0.2) is 21.1 Å². The van der Waals surface area contributed by atoms with E-state index in [0.29, 0.717) is 35.5 Å². The summed E-state index contributed by atoms with van der Waals surface area (Å²) in [4.78, 5) is 0. The Hall–Kier alpha value is -2.83. The second-order valence-corrected chi connectivity index (χ2v) is 7.42. The number of benzene rings is 3. The Kier molecular flexibility index (Phi) is 6.30. The second-order valence-electron chi connectivity index (χ2n) is 7.42. The van der Waals surface area contributed by atoms with Crippen molar-refractivity contribution in [2.45, 2.75) is 12.6 Å². The van der Waals surface area contributed by atoms with Crippen molar-refractivity contribution in [1.82, 2.24) is 0 Å². The number of halogens is 3. The molecular weight excluding hydrogens is 400 g/mol. The predicted octanol–water partition coefficient (Wildman–Crippen LogP) is 5.95. The number of hydrogen-bond acceptors (Lipinski definition) is 2. The first-order chi connectivity index (χ1) is 15.0. The van der Waals surface area contributed by atoms with Gasteiger partial charge in [0.1, 0.15) is 5.82 Å². The van der Waals surface area contributed by atoms with E-state index < -0.39 is 23.7 Å². The minimum Gasteiger partial charge on any atom is -0.348 e. The van der Waals surface area contributed by atoms with Crippen LogP contribution < -0.4 is 0 Å². The second kappa shape index (κ2) is 9.12. The van der Waals surface area contributed by atoms with Crippen LogP contribution in [0.15, 0.2) is 67.3 Å². The van der Waals surface area contributed by atoms with E-state index in [4.69, 9.17) is 17.3 Å². The fraction of sp³-hybridized carbons (Fsp3) is 0.200. The lowest BCUT2D eigenvalue weighted by Gasteiger charge is -2.28. The van der Waals surface area contributed by atoms with Crippen molar-refractivity contribution < 1.29 is 22.6 Å². The molecule has 1 aliphatic heterocycles. The van der Waals surface area contributed by atoms with Crippen LogP contribution in [0.2, 0.25) is 0 Å². The molecule has 0 atom stereocenters. The molecule has 3 aromatic rings. The van der Waals surface area contributed by atoms with Crippen LogP contribution >= 0.6 is 0 Å². The van der Waals surface area contributed by atoms with Gasteiger partial charge in [0.05, 0.1) is 21.1 Å². The van der Waals surface area contributed by atoms with Gasteiger partial charge in [-0.15, -0.1) is 6.58 Å². The lowest BCUT2D eigenvalue weighted by Crippen LogP contribution is -2.25. The lowest BCUT2D eigenvalue weighted by atomic mass is 9.93. The summed E-state index contributed by atoms with van der Waals surface area (Å²) < 4.78 is 54.5. The maximum absolute atomic E-state index is 14.8. The zero-order valence-corrected chi connectivity index (χ0v) is 16.8. The van der Waals surface area contributed by atoms with E-state index in [9.17, 15) is 13.2 Å². The molecule has 4 rings (SSSR count). The summed E-state index contributed by atoms with van der Waals surface area (Å²) in [6, 6.07) is 14.4. The van der Waals surface area contributed by atoms with Gasteiger partial charge >= 0.3 is 0 Å². The molecule has 31 heavy (non-hydrogen) atoms. The third-order valence-electron chi connectivity index (χ3n) is 5.41. The summed E-state index contributed by atoms with van der Waals surface area (Å²) in [6.07, 6.45) is 1.08. The topological polar surface area (TPSA) is 18.5 Å². The Morgan fingerprint density at radius 3 is 2.06 bits per heavy atom. The summed E-state index contributed by atoms with van der Waals surface area (Å²) in [5, 5.41) is 0. The van der Waals surface area contributed by atoms with E-state index in [-0.39, 0.29) is 23.4 Å². The van der Waals surface area contributed by atoms with E-state index in [1.165, 1.54) is 18.2 Å². The van der Waals surface area contributed by atoms with Crippen LogP contribution in [-0.2, 0) is 15.8 Å². The predicted molar refractivity (Wildman–Crippen MR) is 115 cm³/mol. The van der Waals surface area contributed by atoms with Gasteiger partial charge in [-0.3, -0.25) is 0 Å².